The van der Waals surface area contributed by atoms with E-state index in [4.69, 9.17) is 31.1 Å². The molecule has 214 valence electrons. The minimum absolute atomic E-state index is 0.0374. The van der Waals surface area contributed by atoms with Gasteiger partial charge in [0.2, 0.25) is 0 Å². The van der Waals surface area contributed by atoms with Crippen LogP contribution in [0.3, 0.4) is 0 Å². The summed E-state index contributed by atoms with van der Waals surface area (Å²) >= 11 is 0. The molecule has 4 nitrogen and oxygen atoms in total. The van der Waals surface area contributed by atoms with E-state index in [0.717, 1.165) is 27.3 Å². The highest BCUT2D eigenvalue weighted by molar-refractivity contribution is 6.19. The molecule has 0 radical (unpaired) electrons. The first kappa shape index (κ1) is 16.7. The van der Waals surface area contributed by atoms with E-state index in [2.05, 4.69) is 0 Å². The molecular weight excluding hydrogens is 564 g/mol. The Labute approximate surface area is 278 Å². The molecule has 7 aromatic carbocycles. The van der Waals surface area contributed by atoms with E-state index < -0.39 is 66.5 Å². The molecule has 0 fully saturated rings. The summed E-state index contributed by atoms with van der Waals surface area (Å²) in [6, 6.07) is 19.1. The average Bonchev–Trinajstić information content (AvgIpc) is 3.81. The number of para-hydroxylation sites is 2. The summed E-state index contributed by atoms with van der Waals surface area (Å²) in [7, 11) is 0. The fourth-order valence-corrected chi connectivity index (χ4v) is 6.14. The van der Waals surface area contributed by atoms with Crippen LogP contribution < -0.4 is 0 Å². The number of fused-ring (bicyclic) bond motifs is 9. The number of benzene rings is 7. The van der Waals surface area contributed by atoms with Crippen LogP contribution in [0.25, 0.3) is 99.3 Å². The maximum absolute atomic E-state index is 9.39. The Morgan fingerprint density at radius 1 is 0.500 bits per heavy atom. The van der Waals surface area contributed by atoms with Crippen LogP contribution in [0.4, 0.5) is 0 Å². The molecule has 0 aliphatic heterocycles. The number of hydrogen-bond acceptors (Lipinski definition) is 4. The molecule has 0 aliphatic carbocycles. The molecule has 0 bridgehead atoms. The molecule has 0 N–H and O–H groups in total. The van der Waals surface area contributed by atoms with Crippen molar-refractivity contribution < 1.29 is 23.9 Å². The van der Waals surface area contributed by atoms with Crippen LogP contribution in [0.15, 0.2) is 154 Å². The molecule has 0 unspecified atom stereocenters. The third-order valence-electron chi connectivity index (χ3n) is 8.27. The number of furan rings is 2. The summed E-state index contributed by atoms with van der Waals surface area (Å²) < 4.78 is 108. The predicted octanol–water partition coefficient (Wildman–Crippen LogP) is 11.6. The Morgan fingerprint density at radius 2 is 1.30 bits per heavy atom. The molecule has 0 amide bonds. The molecule has 0 saturated heterocycles. The van der Waals surface area contributed by atoms with Gasteiger partial charge in [0.05, 0.1) is 15.1 Å². The van der Waals surface area contributed by atoms with Gasteiger partial charge in [-0.05, 0) is 69.7 Å². The van der Waals surface area contributed by atoms with Crippen molar-refractivity contribution in [3.05, 3.63) is 145 Å². The lowest BCUT2D eigenvalue weighted by Crippen LogP contribution is -1.95. The normalized spacial score (nSPS) is 15.3. The van der Waals surface area contributed by atoms with E-state index in [1.165, 1.54) is 0 Å². The molecule has 0 saturated carbocycles. The molecule has 10 rings (SSSR count). The van der Waals surface area contributed by atoms with Crippen molar-refractivity contribution in [1.82, 2.24) is 9.97 Å². The quantitative estimate of drug-likeness (QED) is 0.203. The van der Waals surface area contributed by atoms with Gasteiger partial charge in [0.1, 0.15) is 28.0 Å². The highest BCUT2D eigenvalue weighted by atomic mass is 16.3. The Kier molecular flexibility index (Phi) is 3.49. The summed E-state index contributed by atoms with van der Waals surface area (Å²) in [4.78, 5) is 9.90. The van der Waals surface area contributed by atoms with Crippen LogP contribution in [-0.4, -0.2) is 9.97 Å². The van der Waals surface area contributed by atoms with Crippen molar-refractivity contribution >= 4 is 65.6 Å². The fraction of sp³-hybridized carbons (Fsp3) is 0. The minimum atomic E-state index is -0.619. The van der Waals surface area contributed by atoms with Gasteiger partial charge in [-0.2, -0.15) is 0 Å². The van der Waals surface area contributed by atoms with E-state index in [-0.39, 0.29) is 49.9 Å². The van der Waals surface area contributed by atoms with Gasteiger partial charge in [-0.1, -0.05) is 103 Å². The van der Waals surface area contributed by atoms with Gasteiger partial charge in [0.25, 0.3) is 0 Å². The highest BCUT2D eigenvalue weighted by Gasteiger charge is 2.22. The van der Waals surface area contributed by atoms with Crippen molar-refractivity contribution in [3.8, 4) is 33.8 Å². The Hall–Kier alpha value is -6.26. The van der Waals surface area contributed by atoms with Gasteiger partial charge in [0.15, 0.2) is 11.4 Å². The second-order valence-corrected chi connectivity index (χ2v) is 10.9. The largest absolute Gasteiger partial charge is 0.455 e. The third-order valence-corrected chi connectivity index (χ3v) is 8.27. The van der Waals surface area contributed by atoms with Crippen LogP contribution in [0.2, 0.25) is 0 Å². The van der Waals surface area contributed by atoms with Gasteiger partial charge in [-0.3, -0.25) is 0 Å². The molecule has 3 heterocycles. The highest BCUT2D eigenvalue weighted by Crippen LogP contribution is 2.42. The molecule has 3 aromatic heterocycles. The zero-order chi connectivity index (χ0) is 39.8. The first-order valence-corrected chi connectivity index (χ1v) is 14.5. The number of rotatable bonds is 3. The molecule has 0 aliphatic rings. The van der Waals surface area contributed by atoms with Gasteiger partial charge >= 0.3 is 0 Å². The molecule has 0 spiro atoms. The van der Waals surface area contributed by atoms with Crippen LogP contribution >= 0.6 is 0 Å². The fourth-order valence-electron chi connectivity index (χ4n) is 6.14. The van der Waals surface area contributed by atoms with E-state index in [0.29, 0.717) is 22.1 Å². The van der Waals surface area contributed by atoms with E-state index in [1.54, 1.807) is 0 Å². The lowest BCUT2D eigenvalue weighted by Gasteiger charge is -2.12. The number of nitrogens with zero attached hydrogens (tertiary/aromatic N) is 2. The maximum atomic E-state index is 9.39. The third kappa shape index (κ3) is 3.74. The molecule has 0 atom stereocenters. The Morgan fingerprint density at radius 3 is 2.24 bits per heavy atom. The Bertz CT molecular complexity index is 3430. The van der Waals surface area contributed by atoms with Crippen molar-refractivity contribution in [2.75, 3.05) is 0 Å². The van der Waals surface area contributed by atoms with Crippen LogP contribution in [-0.2, 0) is 0 Å². The van der Waals surface area contributed by atoms with Gasteiger partial charge < -0.3 is 8.83 Å². The van der Waals surface area contributed by atoms with Crippen molar-refractivity contribution in [3.63, 3.8) is 0 Å². The first-order valence-electron chi connectivity index (χ1n) is 20.0. The lowest BCUT2D eigenvalue weighted by atomic mass is 9.95. The second kappa shape index (κ2) is 9.62. The van der Waals surface area contributed by atoms with Gasteiger partial charge in [-0.25, -0.2) is 9.97 Å². The minimum Gasteiger partial charge on any atom is -0.455 e. The van der Waals surface area contributed by atoms with Crippen molar-refractivity contribution in [2.24, 2.45) is 0 Å². The zero-order valence-corrected chi connectivity index (χ0v) is 23.7. The molecule has 10 aromatic rings. The van der Waals surface area contributed by atoms with E-state index >= 15 is 0 Å². The van der Waals surface area contributed by atoms with Gasteiger partial charge in [0, 0.05) is 32.7 Å². The summed E-state index contributed by atoms with van der Waals surface area (Å²) in [5, 5.41) is 2.28. The van der Waals surface area contributed by atoms with E-state index in [9.17, 15) is 2.74 Å². The molecule has 46 heavy (non-hydrogen) atoms. The van der Waals surface area contributed by atoms with Gasteiger partial charge in [-0.15, -0.1) is 0 Å². The zero-order valence-electron chi connectivity index (χ0n) is 34.7. The monoisotopic (exact) mass is 599 g/mol. The molecular formula is C42H24N2O2. The maximum Gasteiger partial charge on any atom is 0.180 e. The van der Waals surface area contributed by atoms with Crippen LogP contribution in [0.5, 0.6) is 0 Å². The number of aromatic nitrogens is 2. The standard InChI is InChI=1S/C42H24N2O2/c1-2-10-25(11-3-1)28-20-21-31-33(23-28)35(24-34-30-14-6-8-16-36(30)45-40(31)34)42-43-38(29-19-18-26-12-4-5-13-27(26)22-29)41-39(44-42)32-15-7-9-17-37(32)46-41/h1-24H/i4D,5D,7D,9D,12D,13D,15D,17D,18D,19D,22D. The van der Waals surface area contributed by atoms with Crippen LogP contribution in [0.1, 0.15) is 15.1 Å². The van der Waals surface area contributed by atoms with E-state index in [1.807, 2.05) is 78.9 Å². The average molecular weight is 600 g/mol. The topological polar surface area (TPSA) is 52.1 Å². The predicted molar refractivity (Wildman–Crippen MR) is 188 cm³/mol. The lowest BCUT2D eigenvalue weighted by molar-refractivity contribution is 0.667. The Balaban J connectivity index is 1.41. The second-order valence-electron chi connectivity index (χ2n) is 10.9. The van der Waals surface area contributed by atoms with Crippen LogP contribution in [0, 0.1) is 0 Å². The summed E-state index contributed by atoms with van der Waals surface area (Å²) in [6.45, 7) is 0. The first-order chi connectivity index (χ1) is 27.4. The SMILES string of the molecule is [2H]c1c([2H])c([2H])c2c(oc3c(-c4c([2H])c([2H])c5c([2H])c([2H])c([2H])c([2H])c5c4[2H])nc(-c4cc5c6ccccc6oc5c5ccc(-c6ccccc6)cc45)nc32)c1[2H]. The number of hydrogen-bond donors (Lipinski definition) is 0. The van der Waals surface area contributed by atoms with Crippen molar-refractivity contribution in [2.45, 2.75) is 0 Å². The van der Waals surface area contributed by atoms with Crippen molar-refractivity contribution in [1.29, 1.82) is 0 Å². The summed E-state index contributed by atoms with van der Waals surface area (Å²) in [5.74, 6) is 0.0374. The smallest absolute Gasteiger partial charge is 0.180 e. The summed E-state index contributed by atoms with van der Waals surface area (Å²) in [6.07, 6.45) is 0. The molecule has 4 heteroatoms. The summed E-state index contributed by atoms with van der Waals surface area (Å²) in [5.41, 5.74) is 2.58.